The molecule has 0 bridgehead atoms. The van der Waals surface area contributed by atoms with E-state index in [0.29, 0.717) is 30.9 Å². The molecule has 0 heterocycles. The van der Waals surface area contributed by atoms with Gasteiger partial charge in [-0.15, -0.1) is 0 Å². The third kappa shape index (κ3) is 6.56. The van der Waals surface area contributed by atoms with Gasteiger partial charge in [0.2, 0.25) is 0 Å². The van der Waals surface area contributed by atoms with Gasteiger partial charge in [0.15, 0.2) is 0 Å². The smallest absolute Gasteiger partial charge is 0.494 e. The van der Waals surface area contributed by atoms with E-state index < -0.39 is 27.1 Å². The maximum absolute atomic E-state index is 11.2. The lowest BCUT2D eigenvalue weighted by atomic mass is 10.2. The van der Waals surface area contributed by atoms with Gasteiger partial charge in [-0.05, 0) is 30.2 Å². The number of rotatable bonds is 11. The summed E-state index contributed by atoms with van der Waals surface area (Å²) in [4.78, 5) is 39.5. The van der Waals surface area contributed by atoms with Crippen molar-refractivity contribution in [3.05, 3.63) is 29.8 Å². The molecule has 140 valence electrons. The lowest BCUT2D eigenvalue weighted by molar-refractivity contribution is 0.112. The summed E-state index contributed by atoms with van der Waals surface area (Å²) in [6, 6.07) is 6.68. The Balaban J connectivity index is 2.39. The Labute approximate surface area is 146 Å². The van der Waals surface area contributed by atoms with Crippen molar-refractivity contribution in [2.45, 2.75) is 17.9 Å². The normalized spacial score (nSPS) is 14.9. The predicted octanol–water partition coefficient (Wildman–Crippen LogP) is 1.15. The summed E-state index contributed by atoms with van der Waals surface area (Å²) in [5.41, 5.74) is 0.504. The van der Waals surface area contributed by atoms with Crippen LogP contribution in [0.4, 0.5) is 0 Å². The number of aldehydes is 1. The third-order valence-corrected chi connectivity index (χ3v) is 6.84. The molecule has 0 spiro atoms. The van der Waals surface area contributed by atoms with Crippen LogP contribution in [0.5, 0.6) is 5.75 Å². The minimum Gasteiger partial charge on any atom is -0.494 e. The first-order chi connectivity index (χ1) is 11.6. The molecule has 0 amide bonds. The van der Waals surface area contributed by atoms with Crippen molar-refractivity contribution in [1.29, 1.82) is 0 Å². The molecule has 4 N–H and O–H groups in total. The second-order valence-corrected chi connectivity index (χ2v) is 9.00. The van der Waals surface area contributed by atoms with Crippen LogP contribution in [0.25, 0.3) is 0 Å². The minimum absolute atomic E-state index is 0.0177. The van der Waals surface area contributed by atoms with Crippen molar-refractivity contribution in [2.24, 2.45) is 0 Å². The van der Waals surface area contributed by atoms with Gasteiger partial charge in [-0.3, -0.25) is 9.36 Å². The molecule has 0 aromatic heterocycles. The van der Waals surface area contributed by atoms with Crippen LogP contribution in [0.3, 0.4) is 0 Å². The summed E-state index contributed by atoms with van der Waals surface area (Å²) in [6.45, 7) is 0.848. The van der Waals surface area contributed by atoms with Crippen LogP contribution in [0, 0.1) is 0 Å². The SMILES string of the molecule is CN(CCCOc1cccc(C=O)c1)CCC(O)([P+](=O)O)P(=O)(O)O. The van der Waals surface area contributed by atoms with Gasteiger partial charge in [-0.25, -0.2) is 0 Å². The Hall–Kier alpha value is -1.18. The lowest BCUT2D eigenvalue weighted by Crippen LogP contribution is -2.31. The molecular formula is C14H22NO8P2+. The van der Waals surface area contributed by atoms with Crippen LogP contribution in [0.1, 0.15) is 23.2 Å². The fraction of sp³-hybridized carbons (Fsp3) is 0.500. The van der Waals surface area contributed by atoms with Gasteiger partial charge in [0, 0.05) is 18.7 Å². The van der Waals surface area contributed by atoms with Crippen LogP contribution in [0.2, 0.25) is 0 Å². The highest BCUT2D eigenvalue weighted by Gasteiger charge is 2.62. The molecule has 0 fully saturated rings. The van der Waals surface area contributed by atoms with E-state index >= 15 is 0 Å². The first-order valence-electron chi connectivity index (χ1n) is 7.41. The van der Waals surface area contributed by atoms with Crippen molar-refractivity contribution in [1.82, 2.24) is 4.90 Å². The van der Waals surface area contributed by atoms with E-state index in [2.05, 4.69) is 0 Å². The van der Waals surface area contributed by atoms with Crippen LogP contribution in [0.15, 0.2) is 24.3 Å². The summed E-state index contributed by atoms with van der Waals surface area (Å²) >= 11 is 0. The number of nitrogens with zero attached hydrogens (tertiary/aromatic N) is 1. The molecule has 1 rings (SSSR count). The highest BCUT2D eigenvalue weighted by atomic mass is 31.2. The monoisotopic (exact) mass is 394 g/mol. The predicted molar refractivity (Wildman–Crippen MR) is 90.9 cm³/mol. The van der Waals surface area contributed by atoms with E-state index in [9.17, 15) is 19.0 Å². The van der Waals surface area contributed by atoms with Crippen LogP contribution in [-0.2, 0) is 9.13 Å². The van der Waals surface area contributed by atoms with Crippen LogP contribution >= 0.6 is 15.6 Å². The van der Waals surface area contributed by atoms with Gasteiger partial charge in [0.25, 0.3) is 0 Å². The zero-order valence-corrected chi connectivity index (χ0v) is 15.5. The maximum Gasteiger partial charge on any atom is 0.554 e. The summed E-state index contributed by atoms with van der Waals surface area (Å²) in [5.74, 6) is 0.556. The van der Waals surface area contributed by atoms with E-state index in [1.807, 2.05) is 0 Å². The number of aliphatic hydroxyl groups is 1. The summed E-state index contributed by atoms with van der Waals surface area (Å²) < 4.78 is 27.8. The fourth-order valence-corrected chi connectivity index (χ4v) is 3.58. The fourth-order valence-electron chi connectivity index (χ4n) is 2.01. The molecule has 25 heavy (non-hydrogen) atoms. The molecule has 0 radical (unpaired) electrons. The highest BCUT2D eigenvalue weighted by Crippen LogP contribution is 2.61. The van der Waals surface area contributed by atoms with Gasteiger partial charge < -0.3 is 24.5 Å². The molecule has 11 heteroatoms. The molecule has 2 unspecified atom stereocenters. The molecule has 9 nitrogen and oxygen atoms in total. The maximum atomic E-state index is 11.2. The summed E-state index contributed by atoms with van der Waals surface area (Å²) in [6.07, 6.45) is 0.748. The number of hydrogen-bond donors (Lipinski definition) is 4. The van der Waals surface area contributed by atoms with Crippen molar-refractivity contribution < 1.29 is 38.4 Å². The molecule has 0 aliphatic heterocycles. The zero-order valence-electron chi connectivity index (χ0n) is 13.7. The topological polar surface area (TPSA) is 145 Å². The first-order valence-corrected chi connectivity index (χ1v) is 10.2. The molecule has 2 atom stereocenters. The Kier molecular flexibility index (Phi) is 8.31. The van der Waals surface area contributed by atoms with Gasteiger partial charge in [0.1, 0.15) is 12.0 Å². The standard InChI is InChI=1S/C14H21NO8P2/c1-15(8-6-14(17,24(18)19)25(20,21)22)7-3-9-23-13-5-2-4-12(10-13)11-16/h2,4-5,10-11,17H,3,6-9H2,1H3,(H2-,18,19,20,21,22)/p+1. The Morgan fingerprint density at radius 3 is 2.60 bits per heavy atom. The van der Waals surface area contributed by atoms with Gasteiger partial charge in [-0.1, -0.05) is 12.1 Å². The molecule has 0 saturated carbocycles. The average molecular weight is 394 g/mol. The third-order valence-electron chi connectivity index (χ3n) is 3.55. The van der Waals surface area contributed by atoms with Gasteiger partial charge in [-0.2, -0.15) is 4.89 Å². The van der Waals surface area contributed by atoms with Crippen molar-refractivity contribution >= 4 is 21.9 Å². The lowest BCUT2D eigenvalue weighted by Gasteiger charge is -2.21. The largest absolute Gasteiger partial charge is 0.554 e. The molecule has 0 aliphatic rings. The molecular weight excluding hydrogens is 372 g/mol. The molecule has 1 aromatic carbocycles. The highest BCUT2D eigenvalue weighted by molar-refractivity contribution is 7.66. The molecule has 1 aromatic rings. The van der Waals surface area contributed by atoms with E-state index in [1.165, 1.54) is 0 Å². The van der Waals surface area contributed by atoms with E-state index in [4.69, 9.17) is 19.4 Å². The quantitative estimate of drug-likeness (QED) is 0.247. The van der Waals surface area contributed by atoms with Crippen molar-refractivity contribution in [3.63, 3.8) is 0 Å². The van der Waals surface area contributed by atoms with E-state index in [1.54, 1.807) is 36.2 Å². The number of carbonyl (C=O) groups is 1. The second kappa shape index (κ2) is 9.50. The minimum atomic E-state index is -5.14. The average Bonchev–Trinajstić information content (AvgIpc) is 2.55. The number of ether oxygens (including phenoxy) is 1. The Bertz CT molecular complexity index is 649. The second-order valence-electron chi connectivity index (χ2n) is 5.54. The van der Waals surface area contributed by atoms with Crippen LogP contribution in [-0.4, -0.2) is 62.8 Å². The number of benzene rings is 1. The Morgan fingerprint density at radius 2 is 2.04 bits per heavy atom. The molecule has 0 aliphatic carbocycles. The number of carbonyl (C=O) groups excluding carboxylic acids is 1. The molecule has 0 saturated heterocycles. The van der Waals surface area contributed by atoms with E-state index in [0.717, 1.165) is 6.29 Å². The van der Waals surface area contributed by atoms with Crippen LogP contribution < -0.4 is 4.74 Å². The van der Waals surface area contributed by atoms with Gasteiger partial charge >= 0.3 is 20.7 Å². The van der Waals surface area contributed by atoms with Gasteiger partial charge in [0.05, 0.1) is 13.0 Å². The van der Waals surface area contributed by atoms with Crippen molar-refractivity contribution in [3.8, 4) is 5.75 Å². The first kappa shape index (κ1) is 21.9. The number of hydrogen-bond acceptors (Lipinski definition) is 6. The van der Waals surface area contributed by atoms with E-state index in [-0.39, 0.29) is 6.54 Å². The summed E-state index contributed by atoms with van der Waals surface area (Å²) in [5, 5.41) is 6.82. The summed E-state index contributed by atoms with van der Waals surface area (Å²) in [7, 11) is -6.94. The Morgan fingerprint density at radius 1 is 1.36 bits per heavy atom. The zero-order chi connectivity index (χ0) is 19.1. The van der Waals surface area contributed by atoms with Crippen molar-refractivity contribution in [2.75, 3.05) is 26.7 Å².